The normalized spacial score (nSPS) is 11.1. The van der Waals surface area contributed by atoms with E-state index in [0.29, 0.717) is 11.8 Å². The molecule has 0 fully saturated rings. The van der Waals surface area contributed by atoms with Gasteiger partial charge in [0, 0.05) is 12.7 Å². The van der Waals surface area contributed by atoms with Gasteiger partial charge in [0.1, 0.15) is 5.70 Å². The molecule has 1 rings (SSSR count). The Hall–Kier alpha value is -2.30. The average Bonchev–Trinajstić information content (AvgIpc) is 2.25. The lowest BCUT2D eigenvalue weighted by Gasteiger charge is -2.21. The third-order valence-electron chi connectivity index (χ3n) is 2.32. The Balaban J connectivity index is 3.18. The van der Waals surface area contributed by atoms with Crippen molar-refractivity contribution in [2.75, 3.05) is 11.9 Å². The van der Waals surface area contributed by atoms with Crippen molar-refractivity contribution < 1.29 is 19.8 Å². The first-order valence-electron chi connectivity index (χ1n) is 4.90. The lowest BCUT2D eigenvalue weighted by molar-refractivity contribution is -0.135. The van der Waals surface area contributed by atoms with Crippen LogP contribution in [-0.4, -0.2) is 29.2 Å². The van der Waals surface area contributed by atoms with E-state index in [2.05, 4.69) is 0 Å². The van der Waals surface area contributed by atoms with Crippen LogP contribution in [0.2, 0.25) is 0 Å². The number of hydrogen-bond donors (Lipinski definition) is 2. The number of rotatable bonds is 4. The second-order valence-electron chi connectivity index (χ2n) is 3.52. The summed E-state index contributed by atoms with van der Waals surface area (Å²) in [5.41, 5.74) is 1.24. The number of carboxylic acid groups (broad SMARTS) is 2. The van der Waals surface area contributed by atoms with Gasteiger partial charge in [-0.15, -0.1) is 0 Å². The van der Waals surface area contributed by atoms with E-state index >= 15 is 0 Å². The monoisotopic (exact) mass is 235 g/mol. The summed E-state index contributed by atoms with van der Waals surface area (Å²) in [5.74, 6) is -2.57. The topological polar surface area (TPSA) is 77.8 Å². The maximum Gasteiger partial charge on any atom is 0.352 e. The van der Waals surface area contributed by atoms with Crippen molar-refractivity contribution in [3.63, 3.8) is 0 Å². The molecule has 0 aliphatic heterocycles. The number of benzene rings is 1. The quantitative estimate of drug-likeness (QED) is 0.773. The van der Waals surface area contributed by atoms with Crippen molar-refractivity contribution in [1.82, 2.24) is 0 Å². The van der Waals surface area contributed by atoms with Crippen LogP contribution < -0.4 is 4.90 Å². The van der Waals surface area contributed by atoms with Gasteiger partial charge in [0.2, 0.25) is 0 Å². The highest BCUT2D eigenvalue weighted by Crippen LogP contribution is 2.21. The van der Waals surface area contributed by atoms with Crippen LogP contribution in [0.5, 0.6) is 0 Å². The van der Waals surface area contributed by atoms with E-state index in [1.54, 1.807) is 12.1 Å². The first kappa shape index (κ1) is 12.8. The van der Waals surface area contributed by atoms with Crippen molar-refractivity contribution in [3.05, 3.63) is 41.6 Å². The predicted molar refractivity (Wildman–Crippen MR) is 62.9 cm³/mol. The third-order valence-corrected chi connectivity index (χ3v) is 2.32. The van der Waals surface area contributed by atoms with Gasteiger partial charge in [0.05, 0.1) is 6.08 Å². The van der Waals surface area contributed by atoms with Crippen molar-refractivity contribution in [2.45, 2.75) is 6.92 Å². The van der Waals surface area contributed by atoms with Crippen LogP contribution in [0.1, 0.15) is 5.56 Å². The zero-order valence-corrected chi connectivity index (χ0v) is 9.54. The largest absolute Gasteiger partial charge is 0.478 e. The second kappa shape index (κ2) is 5.16. The molecule has 1 aromatic carbocycles. The summed E-state index contributed by atoms with van der Waals surface area (Å²) < 4.78 is 0. The number of aryl methyl sites for hydroxylation is 1. The zero-order valence-electron chi connectivity index (χ0n) is 9.54. The standard InChI is InChI=1S/C12H13NO4/c1-8-5-3-4-6-9(8)13(2)10(12(16)17)7-11(14)15/h3-7H,1-2H3,(H,14,15)(H,16,17). The van der Waals surface area contributed by atoms with Gasteiger partial charge in [0.15, 0.2) is 0 Å². The van der Waals surface area contributed by atoms with E-state index in [-0.39, 0.29) is 5.70 Å². The Morgan fingerprint density at radius 2 is 1.82 bits per heavy atom. The molecular formula is C12H13NO4. The summed E-state index contributed by atoms with van der Waals surface area (Å²) in [6, 6.07) is 7.15. The highest BCUT2D eigenvalue weighted by atomic mass is 16.4. The second-order valence-corrected chi connectivity index (χ2v) is 3.52. The van der Waals surface area contributed by atoms with Crippen LogP contribution in [0.4, 0.5) is 5.69 Å². The molecule has 0 amide bonds. The Kier molecular flexibility index (Phi) is 3.87. The van der Waals surface area contributed by atoms with Gasteiger partial charge >= 0.3 is 11.9 Å². The smallest absolute Gasteiger partial charge is 0.352 e. The molecule has 90 valence electrons. The number of carboxylic acids is 2. The number of aliphatic carboxylic acids is 2. The minimum Gasteiger partial charge on any atom is -0.478 e. The molecule has 0 unspecified atom stereocenters. The summed E-state index contributed by atoms with van der Waals surface area (Å²) in [4.78, 5) is 22.9. The molecule has 0 aromatic heterocycles. The van der Waals surface area contributed by atoms with E-state index in [0.717, 1.165) is 5.56 Å². The number of anilines is 1. The predicted octanol–water partition coefficient (Wildman–Crippen LogP) is 1.48. The fraction of sp³-hybridized carbons (Fsp3) is 0.167. The minimum atomic E-state index is -1.29. The van der Waals surface area contributed by atoms with Crippen LogP contribution in [0.25, 0.3) is 0 Å². The van der Waals surface area contributed by atoms with Crippen molar-refractivity contribution in [2.24, 2.45) is 0 Å². The van der Waals surface area contributed by atoms with Gasteiger partial charge < -0.3 is 15.1 Å². The molecule has 0 radical (unpaired) electrons. The van der Waals surface area contributed by atoms with Crippen LogP contribution in [-0.2, 0) is 9.59 Å². The number of carbonyl (C=O) groups is 2. The molecule has 5 heteroatoms. The molecule has 17 heavy (non-hydrogen) atoms. The molecule has 0 bridgehead atoms. The van der Waals surface area contributed by atoms with Gasteiger partial charge in [-0.3, -0.25) is 0 Å². The van der Waals surface area contributed by atoms with Crippen LogP contribution >= 0.6 is 0 Å². The summed E-state index contributed by atoms with van der Waals surface area (Å²) in [6.45, 7) is 1.83. The molecule has 0 atom stereocenters. The van der Waals surface area contributed by atoms with Crippen LogP contribution in [0.15, 0.2) is 36.0 Å². The molecule has 0 aliphatic carbocycles. The SMILES string of the molecule is Cc1ccccc1N(C)C(=CC(=O)O)C(=O)O. The number of para-hydroxylation sites is 1. The Labute approximate surface area is 98.6 Å². The Morgan fingerprint density at radius 1 is 1.24 bits per heavy atom. The Bertz CT molecular complexity index is 479. The molecule has 2 N–H and O–H groups in total. The first-order valence-corrected chi connectivity index (χ1v) is 4.90. The summed E-state index contributed by atoms with van der Waals surface area (Å²) in [7, 11) is 1.52. The highest BCUT2D eigenvalue weighted by Gasteiger charge is 2.17. The minimum absolute atomic E-state index is 0.285. The molecule has 0 saturated carbocycles. The molecule has 5 nitrogen and oxygen atoms in total. The first-order chi connectivity index (χ1) is 7.93. The van der Waals surface area contributed by atoms with Gasteiger partial charge in [-0.05, 0) is 18.6 Å². The zero-order chi connectivity index (χ0) is 13.0. The molecular weight excluding hydrogens is 222 g/mol. The maximum absolute atomic E-state index is 11.0. The van der Waals surface area contributed by atoms with E-state index < -0.39 is 11.9 Å². The fourth-order valence-corrected chi connectivity index (χ4v) is 1.49. The summed E-state index contributed by atoms with van der Waals surface area (Å²) in [5, 5.41) is 17.6. The molecule has 1 aromatic rings. The van der Waals surface area contributed by atoms with E-state index in [1.165, 1.54) is 11.9 Å². The molecule has 0 aliphatic rings. The summed E-state index contributed by atoms with van der Waals surface area (Å²) >= 11 is 0. The van der Waals surface area contributed by atoms with Crippen LogP contribution in [0, 0.1) is 6.92 Å². The lowest BCUT2D eigenvalue weighted by atomic mass is 10.1. The van der Waals surface area contributed by atoms with Gasteiger partial charge in [0.25, 0.3) is 0 Å². The van der Waals surface area contributed by atoms with Gasteiger partial charge in [-0.1, -0.05) is 18.2 Å². The molecule has 0 spiro atoms. The van der Waals surface area contributed by atoms with E-state index in [1.807, 2.05) is 19.1 Å². The van der Waals surface area contributed by atoms with Crippen molar-refractivity contribution >= 4 is 17.6 Å². The summed E-state index contributed by atoms with van der Waals surface area (Å²) in [6.07, 6.45) is 0.675. The van der Waals surface area contributed by atoms with Gasteiger partial charge in [-0.2, -0.15) is 0 Å². The highest BCUT2D eigenvalue weighted by molar-refractivity contribution is 5.97. The Morgan fingerprint density at radius 3 is 2.29 bits per heavy atom. The van der Waals surface area contributed by atoms with Crippen molar-refractivity contribution in [1.29, 1.82) is 0 Å². The third kappa shape index (κ3) is 3.07. The van der Waals surface area contributed by atoms with Crippen LogP contribution in [0.3, 0.4) is 0 Å². The van der Waals surface area contributed by atoms with Crippen molar-refractivity contribution in [3.8, 4) is 0 Å². The average molecular weight is 235 g/mol. The number of likely N-dealkylation sites (N-methyl/N-ethyl adjacent to an activating group) is 1. The number of hydrogen-bond acceptors (Lipinski definition) is 3. The van der Waals surface area contributed by atoms with E-state index in [9.17, 15) is 9.59 Å². The van der Waals surface area contributed by atoms with E-state index in [4.69, 9.17) is 10.2 Å². The molecule has 0 saturated heterocycles. The maximum atomic E-state index is 11.0. The lowest BCUT2D eigenvalue weighted by Crippen LogP contribution is -2.24. The van der Waals surface area contributed by atoms with Gasteiger partial charge in [-0.25, -0.2) is 9.59 Å². The fourth-order valence-electron chi connectivity index (χ4n) is 1.49. The number of nitrogens with zero attached hydrogens (tertiary/aromatic N) is 1. The molecule has 0 heterocycles.